The Hall–Kier alpha value is -2.96. The number of thioether (sulfide) groups is 1. The van der Waals surface area contributed by atoms with Gasteiger partial charge in [0.25, 0.3) is 11.6 Å². The van der Waals surface area contributed by atoms with Crippen LogP contribution in [0.15, 0.2) is 46.2 Å². The van der Waals surface area contributed by atoms with Crippen molar-refractivity contribution in [2.75, 3.05) is 7.11 Å². The third-order valence-corrected chi connectivity index (χ3v) is 8.67. The lowest BCUT2D eigenvalue weighted by molar-refractivity contribution is -0.385. The summed E-state index contributed by atoms with van der Waals surface area (Å²) in [6, 6.07) is 8.23. The third-order valence-electron chi connectivity index (χ3n) is 6.11. The van der Waals surface area contributed by atoms with Crippen molar-refractivity contribution in [3.8, 4) is 11.5 Å². The standard InChI is InChI=1S/C24H24N2O7S3/c1-15-8-10-18(14-19(15)26(28)29)36(30,31)33-20-11-9-16(12-21(20)32-2)13-22-23(27)25(24(34)35-22)17-6-4-3-5-7-17/h8-14,17H,3-7H2,1-2H3/b22-13+. The fourth-order valence-electron chi connectivity index (χ4n) is 4.24. The average Bonchev–Trinajstić information content (AvgIpc) is 3.12. The number of carbonyl (C=O) groups excluding carboxylic acids is 1. The first kappa shape index (κ1) is 26.1. The Bertz CT molecular complexity index is 1370. The van der Waals surface area contributed by atoms with Crippen molar-refractivity contribution in [3.63, 3.8) is 0 Å². The summed E-state index contributed by atoms with van der Waals surface area (Å²) in [7, 11) is -3.01. The van der Waals surface area contributed by atoms with Crippen LogP contribution >= 0.6 is 24.0 Å². The summed E-state index contributed by atoms with van der Waals surface area (Å²) in [5.74, 6) is -0.0935. The fraction of sp³-hybridized carbons (Fsp3) is 0.333. The molecule has 1 aliphatic carbocycles. The van der Waals surface area contributed by atoms with E-state index < -0.39 is 15.0 Å². The van der Waals surface area contributed by atoms with E-state index in [1.54, 1.807) is 23.1 Å². The number of ether oxygens (including phenoxy) is 1. The van der Waals surface area contributed by atoms with Crippen LogP contribution in [0.2, 0.25) is 0 Å². The van der Waals surface area contributed by atoms with Gasteiger partial charge in [-0.25, -0.2) is 0 Å². The smallest absolute Gasteiger partial charge is 0.339 e. The normalized spacial score (nSPS) is 18.1. The van der Waals surface area contributed by atoms with Gasteiger partial charge in [-0.05, 0) is 49.6 Å². The molecule has 1 aliphatic heterocycles. The molecule has 0 bridgehead atoms. The van der Waals surface area contributed by atoms with Crippen molar-refractivity contribution in [2.45, 2.75) is 50.0 Å². The maximum absolute atomic E-state index is 13.1. The zero-order chi connectivity index (χ0) is 26.0. The first-order valence-corrected chi connectivity index (χ1v) is 13.9. The molecule has 2 fully saturated rings. The van der Waals surface area contributed by atoms with E-state index in [0.29, 0.717) is 20.4 Å². The summed E-state index contributed by atoms with van der Waals surface area (Å²) in [4.78, 5) is 25.5. The van der Waals surface area contributed by atoms with Gasteiger partial charge in [0.15, 0.2) is 11.5 Å². The van der Waals surface area contributed by atoms with E-state index in [2.05, 4.69) is 0 Å². The lowest BCUT2D eigenvalue weighted by Gasteiger charge is -2.29. The molecule has 1 heterocycles. The van der Waals surface area contributed by atoms with Gasteiger partial charge in [0.05, 0.1) is 16.9 Å². The fourth-order valence-corrected chi connectivity index (χ4v) is 6.60. The molecule has 0 N–H and O–H groups in total. The molecule has 2 aliphatic rings. The second-order valence-corrected chi connectivity index (χ2v) is 11.7. The minimum Gasteiger partial charge on any atom is -0.493 e. The van der Waals surface area contributed by atoms with E-state index in [1.165, 1.54) is 50.4 Å². The Balaban J connectivity index is 1.57. The highest BCUT2D eigenvalue weighted by molar-refractivity contribution is 8.26. The van der Waals surface area contributed by atoms with Gasteiger partial charge in [0.1, 0.15) is 9.22 Å². The number of aryl methyl sites for hydroxylation is 1. The topological polar surface area (TPSA) is 116 Å². The van der Waals surface area contributed by atoms with E-state index in [0.717, 1.165) is 31.7 Å². The van der Waals surface area contributed by atoms with Gasteiger partial charge >= 0.3 is 10.1 Å². The van der Waals surface area contributed by atoms with E-state index in [4.69, 9.17) is 21.1 Å². The van der Waals surface area contributed by atoms with Crippen LogP contribution in [0.4, 0.5) is 5.69 Å². The van der Waals surface area contributed by atoms with Gasteiger partial charge in [-0.3, -0.25) is 19.8 Å². The number of methoxy groups -OCH3 is 1. The van der Waals surface area contributed by atoms with Crippen LogP contribution in [0.25, 0.3) is 6.08 Å². The number of hydrogen-bond acceptors (Lipinski definition) is 9. The number of carbonyl (C=O) groups is 1. The maximum atomic E-state index is 13.1. The first-order chi connectivity index (χ1) is 17.1. The Kier molecular flexibility index (Phi) is 7.67. The van der Waals surface area contributed by atoms with E-state index >= 15 is 0 Å². The van der Waals surface area contributed by atoms with Crippen molar-refractivity contribution in [1.82, 2.24) is 4.90 Å². The molecule has 1 amide bonds. The van der Waals surface area contributed by atoms with Gasteiger partial charge in [-0.2, -0.15) is 8.42 Å². The number of nitrogens with zero attached hydrogens (tertiary/aromatic N) is 2. The highest BCUT2D eigenvalue weighted by Gasteiger charge is 2.37. The van der Waals surface area contributed by atoms with E-state index in [1.807, 2.05) is 0 Å². The van der Waals surface area contributed by atoms with Gasteiger partial charge in [-0.1, -0.05) is 55.4 Å². The van der Waals surface area contributed by atoms with Gasteiger partial charge in [0.2, 0.25) is 0 Å². The zero-order valence-electron chi connectivity index (χ0n) is 19.6. The summed E-state index contributed by atoms with van der Waals surface area (Å²) in [6.45, 7) is 1.51. The number of thiocarbonyl (C=S) groups is 1. The van der Waals surface area contributed by atoms with Crippen LogP contribution in [0.3, 0.4) is 0 Å². The Morgan fingerprint density at radius 1 is 1.14 bits per heavy atom. The largest absolute Gasteiger partial charge is 0.493 e. The quantitative estimate of drug-likeness (QED) is 0.151. The highest BCUT2D eigenvalue weighted by Crippen LogP contribution is 2.38. The average molecular weight is 549 g/mol. The summed E-state index contributed by atoms with van der Waals surface area (Å²) in [5, 5.41) is 11.2. The van der Waals surface area contributed by atoms with Gasteiger partial charge in [0, 0.05) is 17.7 Å². The van der Waals surface area contributed by atoms with Gasteiger partial charge in [-0.15, -0.1) is 0 Å². The minimum atomic E-state index is -4.37. The zero-order valence-corrected chi connectivity index (χ0v) is 22.1. The number of amides is 1. The number of nitro benzene ring substituents is 1. The maximum Gasteiger partial charge on any atom is 0.339 e. The third kappa shape index (κ3) is 5.40. The number of benzene rings is 2. The van der Waals surface area contributed by atoms with E-state index in [9.17, 15) is 23.3 Å². The van der Waals surface area contributed by atoms with Crippen molar-refractivity contribution in [2.24, 2.45) is 0 Å². The lowest BCUT2D eigenvalue weighted by Crippen LogP contribution is -2.39. The molecule has 0 aromatic heterocycles. The molecule has 2 aromatic carbocycles. The van der Waals surface area contributed by atoms with Crippen molar-refractivity contribution in [3.05, 3.63) is 62.5 Å². The van der Waals surface area contributed by atoms with Crippen LogP contribution in [0.1, 0.15) is 43.2 Å². The lowest BCUT2D eigenvalue weighted by atomic mass is 9.94. The molecule has 190 valence electrons. The Labute approximate surface area is 218 Å². The molecule has 0 spiro atoms. The predicted molar refractivity (Wildman–Crippen MR) is 141 cm³/mol. The highest BCUT2D eigenvalue weighted by atomic mass is 32.2. The summed E-state index contributed by atoms with van der Waals surface area (Å²) in [5.41, 5.74) is 0.606. The molecular weight excluding hydrogens is 524 g/mol. The predicted octanol–water partition coefficient (Wildman–Crippen LogP) is 5.21. The molecular formula is C24H24N2O7S3. The first-order valence-electron chi connectivity index (χ1n) is 11.3. The molecule has 9 nitrogen and oxygen atoms in total. The molecule has 2 aromatic rings. The summed E-state index contributed by atoms with van der Waals surface area (Å²) < 4.78 is 36.7. The monoisotopic (exact) mass is 548 g/mol. The summed E-state index contributed by atoms with van der Waals surface area (Å²) in [6.07, 6.45) is 6.91. The number of rotatable bonds is 7. The number of hydrogen-bond donors (Lipinski definition) is 0. The Morgan fingerprint density at radius 3 is 2.53 bits per heavy atom. The second-order valence-electron chi connectivity index (χ2n) is 8.50. The molecule has 1 saturated carbocycles. The second kappa shape index (κ2) is 10.6. The minimum absolute atomic E-state index is 0.0902. The van der Waals surface area contributed by atoms with Crippen molar-refractivity contribution >= 4 is 56.1 Å². The Morgan fingerprint density at radius 2 is 1.86 bits per heavy atom. The summed E-state index contributed by atoms with van der Waals surface area (Å²) >= 11 is 6.72. The molecule has 4 rings (SSSR count). The molecule has 12 heteroatoms. The van der Waals surface area contributed by atoms with Crippen molar-refractivity contribution < 1.29 is 27.1 Å². The number of nitro groups is 1. The molecule has 1 saturated heterocycles. The van der Waals surface area contributed by atoms with Crippen molar-refractivity contribution in [1.29, 1.82) is 0 Å². The molecule has 0 atom stereocenters. The molecule has 36 heavy (non-hydrogen) atoms. The SMILES string of the molecule is COc1cc(/C=C2/SC(=S)N(C3CCCCC3)C2=O)ccc1OS(=O)(=O)c1ccc(C)c([N+](=O)[O-])c1. The van der Waals surface area contributed by atoms with Crippen LogP contribution in [0.5, 0.6) is 11.5 Å². The van der Waals surface area contributed by atoms with Crippen LogP contribution in [-0.2, 0) is 14.9 Å². The molecule has 0 unspecified atom stereocenters. The van der Waals surface area contributed by atoms with E-state index in [-0.39, 0.29) is 34.0 Å². The van der Waals surface area contributed by atoms with Gasteiger partial charge < -0.3 is 8.92 Å². The van der Waals surface area contributed by atoms with Crippen LogP contribution in [-0.4, -0.2) is 41.6 Å². The van der Waals surface area contributed by atoms with Crippen LogP contribution < -0.4 is 8.92 Å². The molecule has 0 radical (unpaired) electrons. The van der Waals surface area contributed by atoms with Crippen LogP contribution in [0, 0.1) is 17.0 Å².